The Bertz CT molecular complexity index is 1830. The normalized spacial score (nSPS) is 16.5. The first-order chi connectivity index (χ1) is 30.0. The molecule has 63 heavy (non-hydrogen) atoms. The lowest BCUT2D eigenvalue weighted by molar-refractivity contribution is -0.142. The van der Waals surface area contributed by atoms with Crippen molar-refractivity contribution in [1.82, 2.24) is 31.5 Å². The lowest BCUT2D eigenvalue weighted by Crippen LogP contribution is -2.61. The molecular formula is C43H65N9O11. The Hall–Kier alpha value is -5.83. The third-order valence-electron chi connectivity index (χ3n) is 10.8. The van der Waals surface area contributed by atoms with Crippen LogP contribution >= 0.6 is 0 Å². The van der Waals surface area contributed by atoms with Gasteiger partial charge in [-0.1, -0.05) is 38.1 Å². The number of hydrogen-bond donors (Lipinski definition) is 12. The molecule has 3 rings (SSSR count). The molecule has 0 radical (unpaired) electrons. The maximum absolute atomic E-state index is 14.3. The SMILES string of the molecule is CC(C)[C@H](NC(=O)[C@@H]1CCCN1C(=O)[C@@H](N)CO)C(=O)N[C@@H](Cc1ccc(O)cc1)C(=O)N[C@@H](CCCCN)C(=O)N[C@@H](Cc1ccc(O)cc1)C(=O)N[C@@H](CCCCN)C(=O)O. The van der Waals surface area contributed by atoms with Gasteiger partial charge in [0.2, 0.25) is 35.4 Å². The molecule has 2 aromatic rings. The van der Waals surface area contributed by atoms with Crippen molar-refractivity contribution in [2.24, 2.45) is 23.1 Å². The number of nitrogens with one attached hydrogen (secondary N) is 5. The zero-order chi connectivity index (χ0) is 46.6. The van der Waals surface area contributed by atoms with Crippen molar-refractivity contribution in [2.75, 3.05) is 26.2 Å². The summed E-state index contributed by atoms with van der Waals surface area (Å²) in [5, 5.41) is 52.4. The molecule has 0 aliphatic carbocycles. The summed E-state index contributed by atoms with van der Waals surface area (Å²) in [6.45, 7) is 3.59. The molecule has 2 aromatic carbocycles. The molecule has 1 heterocycles. The van der Waals surface area contributed by atoms with E-state index < -0.39 is 96.2 Å². The number of carbonyl (C=O) groups excluding carboxylic acids is 6. The smallest absolute Gasteiger partial charge is 0.326 e. The molecule has 0 unspecified atom stereocenters. The fourth-order valence-electron chi connectivity index (χ4n) is 7.12. The van der Waals surface area contributed by atoms with Crippen LogP contribution in [0.25, 0.3) is 0 Å². The van der Waals surface area contributed by atoms with E-state index in [0.29, 0.717) is 56.2 Å². The number of aliphatic hydroxyl groups excluding tert-OH is 1. The number of rotatable bonds is 26. The molecule has 6 amide bonds. The highest BCUT2D eigenvalue weighted by molar-refractivity contribution is 5.97. The van der Waals surface area contributed by atoms with Gasteiger partial charge in [0, 0.05) is 19.4 Å². The van der Waals surface area contributed by atoms with Crippen molar-refractivity contribution in [1.29, 1.82) is 0 Å². The average Bonchev–Trinajstić information content (AvgIpc) is 3.75. The van der Waals surface area contributed by atoms with Gasteiger partial charge in [-0.2, -0.15) is 0 Å². The van der Waals surface area contributed by atoms with Crippen molar-refractivity contribution < 1.29 is 54.0 Å². The van der Waals surface area contributed by atoms with Crippen molar-refractivity contribution in [3.05, 3.63) is 59.7 Å². The number of carbonyl (C=O) groups is 7. The number of aliphatic hydroxyl groups is 1. The molecule has 20 heteroatoms. The molecule has 1 aliphatic rings. The van der Waals surface area contributed by atoms with E-state index in [0.717, 1.165) is 0 Å². The molecule has 7 atom stereocenters. The Labute approximate surface area is 367 Å². The van der Waals surface area contributed by atoms with Gasteiger partial charge in [0.25, 0.3) is 0 Å². The van der Waals surface area contributed by atoms with Crippen molar-refractivity contribution in [3.63, 3.8) is 0 Å². The Morgan fingerprint density at radius 3 is 1.57 bits per heavy atom. The molecule has 0 bridgehead atoms. The van der Waals surface area contributed by atoms with Crippen LogP contribution in [-0.2, 0) is 46.4 Å². The first-order valence-electron chi connectivity index (χ1n) is 21.4. The maximum atomic E-state index is 14.3. The van der Waals surface area contributed by atoms with Gasteiger partial charge in [-0.15, -0.1) is 0 Å². The molecule has 20 nitrogen and oxygen atoms in total. The van der Waals surface area contributed by atoms with Gasteiger partial charge in [-0.3, -0.25) is 28.8 Å². The molecule has 0 saturated carbocycles. The summed E-state index contributed by atoms with van der Waals surface area (Å²) in [7, 11) is 0. The monoisotopic (exact) mass is 883 g/mol. The minimum absolute atomic E-state index is 0.0373. The number of unbranched alkanes of at least 4 members (excludes halogenated alkanes) is 2. The van der Waals surface area contributed by atoms with E-state index in [4.69, 9.17) is 17.2 Å². The number of benzene rings is 2. The van der Waals surface area contributed by atoms with Gasteiger partial charge in [0.05, 0.1) is 6.61 Å². The topological polar surface area (TPSA) is 342 Å². The summed E-state index contributed by atoms with van der Waals surface area (Å²) in [6.07, 6.45) is 2.50. The number of carboxylic acid groups (broad SMARTS) is 1. The number of hydrogen-bond acceptors (Lipinski definition) is 13. The van der Waals surface area contributed by atoms with Crippen LogP contribution in [0.15, 0.2) is 48.5 Å². The van der Waals surface area contributed by atoms with E-state index in [1.54, 1.807) is 26.0 Å². The van der Waals surface area contributed by atoms with Crippen molar-refractivity contribution in [3.8, 4) is 11.5 Å². The minimum atomic E-state index is -1.35. The van der Waals surface area contributed by atoms with E-state index >= 15 is 0 Å². The quantitative estimate of drug-likeness (QED) is 0.0485. The highest BCUT2D eigenvalue weighted by atomic mass is 16.4. The number of carboxylic acids is 1. The highest BCUT2D eigenvalue weighted by Crippen LogP contribution is 2.20. The number of phenolic OH excluding ortho intramolecular Hbond substituents is 2. The molecule has 15 N–H and O–H groups in total. The van der Waals surface area contributed by atoms with Crippen LogP contribution in [0.2, 0.25) is 0 Å². The van der Waals surface area contributed by atoms with Gasteiger partial charge in [-0.25, -0.2) is 4.79 Å². The van der Waals surface area contributed by atoms with E-state index in [2.05, 4.69) is 26.6 Å². The Kier molecular flexibility index (Phi) is 21.2. The fraction of sp³-hybridized carbons (Fsp3) is 0.558. The second kappa shape index (κ2) is 25.9. The molecule has 0 aromatic heterocycles. The number of nitrogens with two attached hydrogens (primary N) is 3. The van der Waals surface area contributed by atoms with Gasteiger partial charge in [-0.05, 0) is 106 Å². The second-order valence-corrected chi connectivity index (χ2v) is 16.1. The van der Waals surface area contributed by atoms with Gasteiger partial charge < -0.3 is 69.1 Å². The molecule has 1 fully saturated rings. The predicted octanol–water partition coefficient (Wildman–Crippen LogP) is -1.38. The largest absolute Gasteiger partial charge is 0.508 e. The van der Waals surface area contributed by atoms with Crippen LogP contribution in [0.3, 0.4) is 0 Å². The summed E-state index contributed by atoms with van der Waals surface area (Å²) >= 11 is 0. The molecular weight excluding hydrogens is 819 g/mol. The summed E-state index contributed by atoms with van der Waals surface area (Å²) in [5.74, 6) is -6.21. The number of phenols is 2. The summed E-state index contributed by atoms with van der Waals surface area (Å²) in [6, 6.07) is 3.16. The third kappa shape index (κ3) is 16.4. The summed E-state index contributed by atoms with van der Waals surface area (Å²) < 4.78 is 0. The van der Waals surface area contributed by atoms with E-state index in [1.165, 1.54) is 41.3 Å². The molecule has 0 spiro atoms. The molecule has 1 aliphatic heterocycles. The Morgan fingerprint density at radius 1 is 0.667 bits per heavy atom. The maximum Gasteiger partial charge on any atom is 0.326 e. The predicted molar refractivity (Wildman–Crippen MR) is 231 cm³/mol. The van der Waals surface area contributed by atoms with Crippen molar-refractivity contribution in [2.45, 2.75) is 120 Å². The highest BCUT2D eigenvalue weighted by Gasteiger charge is 2.39. The number of likely N-dealkylation sites (tertiary alicyclic amines) is 1. The van der Waals surface area contributed by atoms with Crippen LogP contribution < -0.4 is 43.8 Å². The van der Waals surface area contributed by atoms with Crippen LogP contribution in [0.5, 0.6) is 11.5 Å². The zero-order valence-corrected chi connectivity index (χ0v) is 36.0. The van der Waals surface area contributed by atoms with Crippen molar-refractivity contribution >= 4 is 41.4 Å². The zero-order valence-electron chi connectivity index (χ0n) is 36.0. The third-order valence-corrected chi connectivity index (χ3v) is 10.8. The van der Waals surface area contributed by atoms with E-state index in [9.17, 15) is 54.0 Å². The van der Waals surface area contributed by atoms with Crippen LogP contribution in [-0.4, -0.2) is 135 Å². The van der Waals surface area contributed by atoms with Gasteiger partial charge in [0.1, 0.15) is 53.8 Å². The van der Waals surface area contributed by atoms with Crippen LogP contribution in [0.1, 0.15) is 76.3 Å². The van der Waals surface area contributed by atoms with E-state index in [1.807, 2.05) is 0 Å². The van der Waals surface area contributed by atoms with Gasteiger partial charge >= 0.3 is 5.97 Å². The summed E-state index contributed by atoms with van der Waals surface area (Å²) in [5.41, 5.74) is 18.1. The minimum Gasteiger partial charge on any atom is -0.508 e. The first kappa shape index (κ1) is 51.5. The van der Waals surface area contributed by atoms with Crippen LogP contribution in [0, 0.1) is 5.92 Å². The average molecular weight is 884 g/mol. The first-order valence-corrected chi connectivity index (χ1v) is 21.4. The fourth-order valence-corrected chi connectivity index (χ4v) is 7.12. The number of amides is 6. The van der Waals surface area contributed by atoms with Crippen LogP contribution in [0.4, 0.5) is 0 Å². The molecule has 1 saturated heterocycles. The molecule has 348 valence electrons. The lowest BCUT2D eigenvalue weighted by atomic mass is 9.99. The number of aromatic hydroxyl groups is 2. The van der Waals surface area contributed by atoms with E-state index in [-0.39, 0.29) is 50.3 Å². The number of aliphatic carboxylic acids is 1. The number of nitrogens with zero attached hydrogens (tertiary/aromatic N) is 1. The van der Waals surface area contributed by atoms with Gasteiger partial charge in [0.15, 0.2) is 0 Å². The second-order valence-electron chi connectivity index (χ2n) is 16.1. The standard InChI is InChI=1S/C43H65N9O11/c1-25(2)36(51-40(59)35-10-7-21-52(35)42(61)30(46)24-53)41(60)50-34(23-27-13-17-29(55)18-14-27)38(57)47-31(8-3-5-19-44)37(56)49-33(22-26-11-15-28(54)16-12-26)39(58)48-32(43(62)63)9-4-6-20-45/h11-18,25,30-36,53-55H,3-10,19-24,44-46H2,1-2H3,(H,47,57)(H,48,58)(H,49,56)(H,50,60)(H,51,59)(H,62,63)/t30-,31-,32-,33-,34-,35-,36-/m0/s1. The Morgan fingerprint density at radius 2 is 1.11 bits per heavy atom. The Balaban J connectivity index is 1.91. The lowest BCUT2D eigenvalue weighted by Gasteiger charge is -2.30. The summed E-state index contributed by atoms with van der Waals surface area (Å²) in [4.78, 5) is 96.0.